The van der Waals surface area contributed by atoms with Crippen molar-refractivity contribution >= 4 is 28.9 Å². The van der Waals surface area contributed by atoms with E-state index in [0.717, 1.165) is 24.0 Å². The summed E-state index contributed by atoms with van der Waals surface area (Å²) in [4.78, 5) is 21.2. The van der Waals surface area contributed by atoms with Crippen LogP contribution in [0, 0.1) is 5.41 Å². The predicted octanol–water partition coefficient (Wildman–Crippen LogP) is 0.702. The number of rotatable bonds is 3. The van der Waals surface area contributed by atoms with Gasteiger partial charge in [0, 0.05) is 31.0 Å². The Balaban J connectivity index is 0.000000281. The fourth-order valence-electron chi connectivity index (χ4n) is 0.890. The lowest BCUT2D eigenvalue weighted by molar-refractivity contribution is -0.134. The third-order valence-electron chi connectivity index (χ3n) is 1.64. The first-order chi connectivity index (χ1) is 7.47. The first-order valence-electron chi connectivity index (χ1n) is 4.57. The molecule has 1 heterocycles. The van der Waals surface area contributed by atoms with Gasteiger partial charge in [0.25, 0.3) is 0 Å². The Morgan fingerprint density at radius 1 is 1.44 bits per heavy atom. The van der Waals surface area contributed by atoms with Crippen LogP contribution in [0.1, 0.15) is 6.92 Å². The summed E-state index contributed by atoms with van der Waals surface area (Å²) in [7, 11) is 0. The van der Waals surface area contributed by atoms with Crippen molar-refractivity contribution in [3.63, 3.8) is 0 Å². The van der Waals surface area contributed by atoms with Crippen LogP contribution in [0.4, 0.5) is 0 Å². The van der Waals surface area contributed by atoms with E-state index < -0.39 is 11.9 Å². The van der Waals surface area contributed by atoms with Gasteiger partial charge in [-0.05, 0) is 6.92 Å². The normalized spacial score (nSPS) is 14.8. The number of hydrogen-bond donors (Lipinski definition) is 3. The average Bonchev–Trinajstić information content (AvgIpc) is 2.61. The van der Waals surface area contributed by atoms with E-state index in [9.17, 15) is 9.59 Å². The van der Waals surface area contributed by atoms with E-state index in [-0.39, 0.29) is 0 Å². The number of nitrogens with one attached hydrogen (secondary N) is 1. The number of carboxylic acids is 2. The highest BCUT2D eigenvalue weighted by molar-refractivity contribution is 8.14. The maximum atomic E-state index is 9.55. The number of amidine groups is 1. The van der Waals surface area contributed by atoms with Gasteiger partial charge in [-0.3, -0.25) is 5.41 Å². The molecule has 0 aromatic rings. The summed E-state index contributed by atoms with van der Waals surface area (Å²) in [5.74, 6) is -1.41. The molecule has 0 amide bonds. The second-order valence-corrected chi connectivity index (χ2v) is 3.83. The molecule has 1 fully saturated rings. The molecule has 1 rings (SSSR count). The van der Waals surface area contributed by atoms with Crippen LogP contribution in [-0.4, -0.2) is 51.1 Å². The van der Waals surface area contributed by atoms with Gasteiger partial charge in [0.15, 0.2) is 5.17 Å². The second kappa shape index (κ2) is 7.75. The highest BCUT2D eigenvalue weighted by Crippen LogP contribution is 2.14. The topological polar surface area (TPSA) is 102 Å². The van der Waals surface area contributed by atoms with Gasteiger partial charge in [-0.1, -0.05) is 11.8 Å². The molecule has 0 aromatic carbocycles. The molecule has 7 heteroatoms. The number of hydrogen-bond acceptors (Lipinski definition) is 4. The second-order valence-electron chi connectivity index (χ2n) is 2.74. The first kappa shape index (κ1) is 14.5. The Labute approximate surface area is 97.4 Å². The van der Waals surface area contributed by atoms with Crippen molar-refractivity contribution in [1.82, 2.24) is 4.90 Å². The minimum atomic E-state index is -1.26. The lowest BCUT2D eigenvalue weighted by Crippen LogP contribution is -2.22. The van der Waals surface area contributed by atoms with Crippen LogP contribution >= 0.6 is 11.8 Å². The van der Waals surface area contributed by atoms with E-state index in [1.165, 1.54) is 0 Å². The van der Waals surface area contributed by atoms with Crippen molar-refractivity contribution in [2.24, 2.45) is 0 Å². The number of carbonyl (C=O) groups is 2. The quantitative estimate of drug-likeness (QED) is 0.634. The number of carboxylic acid groups (broad SMARTS) is 2. The molecule has 16 heavy (non-hydrogen) atoms. The first-order valence-corrected chi connectivity index (χ1v) is 5.56. The van der Waals surface area contributed by atoms with E-state index in [2.05, 4.69) is 11.8 Å². The average molecular weight is 246 g/mol. The summed E-state index contributed by atoms with van der Waals surface area (Å²) in [6.45, 7) is 4.15. The van der Waals surface area contributed by atoms with Crippen molar-refractivity contribution in [3.05, 3.63) is 12.2 Å². The highest BCUT2D eigenvalue weighted by Gasteiger charge is 2.14. The van der Waals surface area contributed by atoms with Crippen LogP contribution in [0.25, 0.3) is 0 Å². The van der Waals surface area contributed by atoms with E-state index in [0.29, 0.717) is 12.2 Å². The van der Waals surface area contributed by atoms with Crippen molar-refractivity contribution in [3.8, 4) is 0 Å². The monoisotopic (exact) mass is 246 g/mol. The molecule has 0 saturated carbocycles. The number of nitrogens with zero attached hydrogens (tertiary/aromatic N) is 1. The van der Waals surface area contributed by atoms with Gasteiger partial charge >= 0.3 is 11.9 Å². The molecule has 0 spiro atoms. The third-order valence-corrected chi connectivity index (χ3v) is 2.56. The molecule has 0 unspecified atom stereocenters. The summed E-state index contributed by atoms with van der Waals surface area (Å²) in [5, 5.41) is 23.7. The van der Waals surface area contributed by atoms with Crippen LogP contribution < -0.4 is 0 Å². The molecular formula is C9H14N2O4S. The zero-order chi connectivity index (χ0) is 12.6. The van der Waals surface area contributed by atoms with Crippen LogP contribution in [0.3, 0.4) is 0 Å². The summed E-state index contributed by atoms with van der Waals surface area (Å²) in [5.41, 5.74) is 0. The van der Waals surface area contributed by atoms with Gasteiger partial charge in [-0.2, -0.15) is 0 Å². The molecule has 3 N–H and O–H groups in total. The summed E-state index contributed by atoms with van der Waals surface area (Å²) in [6, 6.07) is 0. The van der Waals surface area contributed by atoms with Crippen LogP contribution in [0.5, 0.6) is 0 Å². The highest BCUT2D eigenvalue weighted by atomic mass is 32.2. The maximum absolute atomic E-state index is 9.55. The molecule has 1 saturated heterocycles. The number of thioether (sulfide) groups is 1. The van der Waals surface area contributed by atoms with Gasteiger partial charge in [0.1, 0.15) is 0 Å². The summed E-state index contributed by atoms with van der Waals surface area (Å²) in [6.07, 6.45) is 1.12. The zero-order valence-corrected chi connectivity index (χ0v) is 9.66. The molecule has 0 bridgehead atoms. The molecule has 0 radical (unpaired) electrons. The summed E-state index contributed by atoms with van der Waals surface area (Å²) < 4.78 is 0. The SMILES string of the molecule is CCN1CCSC1=N.O=C(O)/C=C/C(=O)O. The Bertz CT molecular complexity index is 288. The Kier molecular flexibility index (Phi) is 7.02. The Morgan fingerprint density at radius 2 is 1.94 bits per heavy atom. The standard InChI is InChI=1S/C5H10N2S.C4H4O4/c1-2-7-3-4-8-5(7)6;5-3(6)1-2-4(7)8/h6H,2-4H2,1H3;1-2H,(H,5,6)(H,7,8)/b;2-1+. The third kappa shape index (κ3) is 6.88. The smallest absolute Gasteiger partial charge is 0.328 e. The van der Waals surface area contributed by atoms with Crippen molar-refractivity contribution < 1.29 is 19.8 Å². The van der Waals surface area contributed by atoms with Crippen LogP contribution in [0.2, 0.25) is 0 Å². The molecule has 6 nitrogen and oxygen atoms in total. The van der Waals surface area contributed by atoms with E-state index in [1.54, 1.807) is 11.8 Å². The van der Waals surface area contributed by atoms with Gasteiger partial charge in [0.2, 0.25) is 0 Å². The molecule has 90 valence electrons. The fourth-order valence-corrected chi connectivity index (χ4v) is 1.80. The predicted molar refractivity (Wildman–Crippen MR) is 61.8 cm³/mol. The molecule has 1 aliphatic heterocycles. The van der Waals surface area contributed by atoms with E-state index in [1.807, 2.05) is 0 Å². The minimum absolute atomic E-state index is 0.558. The Hall–Kier alpha value is -1.50. The van der Waals surface area contributed by atoms with E-state index in [4.69, 9.17) is 15.6 Å². The molecule has 1 aliphatic rings. The van der Waals surface area contributed by atoms with Gasteiger partial charge in [-0.25, -0.2) is 9.59 Å². The lowest BCUT2D eigenvalue weighted by Gasteiger charge is -2.11. The van der Waals surface area contributed by atoms with Crippen molar-refractivity contribution in [2.45, 2.75) is 6.92 Å². The maximum Gasteiger partial charge on any atom is 0.328 e. The van der Waals surface area contributed by atoms with Gasteiger partial charge < -0.3 is 15.1 Å². The van der Waals surface area contributed by atoms with Gasteiger partial charge in [-0.15, -0.1) is 0 Å². The fraction of sp³-hybridized carbons (Fsp3) is 0.444. The summed E-state index contributed by atoms with van der Waals surface area (Å²) >= 11 is 1.64. The van der Waals surface area contributed by atoms with Crippen LogP contribution in [-0.2, 0) is 9.59 Å². The molecule has 0 aromatic heterocycles. The van der Waals surface area contributed by atoms with Gasteiger partial charge in [0.05, 0.1) is 0 Å². The van der Waals surface area contributed by atoms with Crippen molar-refractivity contribution in [1.29, 1.82) is 5.41 Å². The lowest BCUT2D eigenvalue weighted by atomic mass is 10.5. The van der Waals surface area contributed by atoms with Crippen molar-refractivity contribution in [2.75, 3.05) is 18.8 Å². The van der Waals surface area contributed by atoms with E-state index >= 15 is 0 Å². The van der Waals surface area contributed by atoms with Crippen LogP contribution in [0.15, 0.2) is 12.2 Å². The largest absolute Gasteiger partial charge is 0.478 e. The molecular weight excluding hydrogens is 232 g/mol. The number of aliphatic carboxylic acids is 2. The Morgan fingerprint density at radius 3 is 2.12 bits per heavy atom. The molecule has 0 aliphatic carbocycles. The molecule has 0 atom stereocenters. The zero-order valence-electron chi connectivity index (χ0n) is 8.84. The minimum Gasteiger partial charge on any atom is -0.478 e.